The zero-order valence-corrected chi connectivity index (χ0v) is 13.7. The highest BCUT2D eigenvalue weighted by Gasteiger charge is 2.13. The van der Waals surface area contributed by atoms with Gasteiger partial charge in [-0.05, 0) is 24.3 Å². The van der Waals surface area contributed by atoms with Crippen LogP contribution in [0.2, 0.25) is 0 Å². The molecule has 6 nitrogen and oxygen atoms in total. The second-order valence-electron chi connectivity index (χ2n) is 5.12. The molecule has 0 saturated heterocycles. The number of nitro benzene ring substituents is 1. The smallest absolute Gasteiger partial charge is 0.279 e. The summed E-state index contributed by atoms with van der Waals surface area (Å²) in [6.07, 6.45) is 1.61. The largest absolute Gasteiger partial charge is 0.312 e. The number of rotatable bonds is 4. The Morgan fingerprint density at radius 1 is 1.36 bits per heavy atom. The summed E-state index contributed by atoms with van der Waals surface area (Å²) in [5.41, 5.74) is 0.671. The minimum atomic E-state index is -0.585. The Bertz CT molecular complexity index is 1070. The first-order valence-electron chi connectivity index (χ1n) is 7.23. The summed E-state index contributed by atoms with van der Waals surface area (Å²) in [6, 6.07) is 9.71. The van der Waals surface area contributed by atoms with E-state index >= 15 is 0 Å². The number of nitrogens with zero attached hydrogens (tertiary/aromatic N) is 3. The summed E-state index contributed by atoms with van der Waals surface area (Å²) in [5, 5.41) is 11.0. The van der Waals surface area contributed by atoms with Crippen LogP contribution in [0, 0.1) is 15.9 Å². The van der Waals surface area contributed by atoms with Gasteiger partial charge in [-0.15, -0.1) is 6.58 Å². The number of allylic oxidation sites excluding steroid dienone is 1. The first kappa shape index (κ1) is 16.7. The third-order valence-electron chi connectivity index (χ3n) is 3.46. The van der Waals surface area contributed by atoms with Gasteiger partial charge in [0.25, 0.3) is 11.6 Å². The predicted octanol–water partition coefficient (Wildman–Crippen LogP) is 3.68. The van der Waals surface area contributed by atoms with Crippen LogP contribution in [-0.4, -0.2) is 15.4 Å². The number of nitro groups is 1. The fourth-order valence-electron chi connectivity index (χ4n) is 2.33. The van der Waals surface area contributed by atoms with Gasteiger partial charge in [-0.25, -0.2) is 4.39 Å². The molecule has 0 aliphatic heterocycles. The van der Waals surface area contributed by atoms with Gasteiger partial charge in [-0.1, -0.05) is 23.5 Å². The van der Waals surface area contributed by atoms with E-state index < -0.39 is 16.6 Å². The van der Waals surface area contributed by atoms with Crippen LogP contribution in [0.5, 0.6) is 0 Å². The molecule has 0 radical (unpaired) electrons. The fraction of sp³-hybridized carbons (Fsp3) is 0.0588. The minimum absolute atomic E-state index is 0.0499. The van der Waals surface area contributed by atoms with Crippen LogP contribution in [0.25, 0.3) is 10.2 Å². The number of halogens is 1. The van der Waals surface area contributed by atoms with Gasteiger partial charge >= 0.3 is 0 Å². The van der Waals surface area contributed by atoms with Crippen LogP contribution in [0.1, 0.15) is 10.4 Å². The van der Waals surface area contributed by atoms with Gasteiger partial charge in [0, 0.05) is 24.2 Å². The number of hydrogen-bond acceptors (Lipinski definition) is 4. The van der Waals surface area contributed by atoms with Gasteiger partial charge in [-0.3, -0.25) is 14.9 Å². The number of amides is 1. The van der Waals surface area contributed by atoms with Crippen LogP contribution >= 0.6 is 11.3 Å². The van der Waals surface area contributed by atoms with Crippen molar-refractivity contribution in [3.63, 3.8) is 0 Å². The normalized spacial score (nSPS) is 11.6. The quantitative estimate of drug-likeness (QED) is 0.406. The molecular formula is C17H12FN3O3S. The average molecular weight is 357 g/mol. The summed E-state index contributed by atoms with van der Waals surface area (Å²) in [7, 11) is 0. The van der Waals surface area contributed by atoms with E-state index in [0.29, 0.717) is 16.9 Å². The molecule has 126 valence electrons. The lowest BCUT2D eigenvalue weighted by atomic mass is 10.2. The number of aromatic nitrogens is 1. The fourth-order valence-corrected chi connectivity index (χ4v) is 3.35. The van der Waals surface area contributed by atoms with E-state index in [1.165, 1.54) is 41.7 Å². The topological polar surface area (TPSA) is 77.5 Å². The third-order valence-corrected chi connectivity index (χ3v) is 4.52. The van der Waals surface area contributed by atoms with E-state index in [1.54, 1.807) is 16.7 Å². The predicted molar refractivity (Wildman–Crippen MR) is 93.0 cm³/mol. The van der Waals surface area contributed by atoms with Crippen LogP contribution in [-0.2, 0) is 6.54 Å². The van der Waals surface area contributed by atoms with Gasteiger partial charge in [0.05, 0.1) is 15.1 Å². The molecule has 0 aliphatic carbocycles. The van der Waals surface area contributed by atoms with E-state index in [4.69, 9.17) is 0 Å². The highest BCUT2D eigenvalue weighted by molar-refractivity contribution is 7.16. The molecule has 0 aliphatic rings. The number of non-ortho nitro benzene ring substituents is 1. The Labute approximate surface area is 145 Å². The SMILES string of the molecule is C=CCn1c(=NC(=O)c2cccc(F)c2)sc2ccc([N+](=O)[O-])cc21. The molecule has 0 unspecified atom stereocenters. The Morgan fingerprint density at radius 2 is 2.16 bits per heavy atom. The van der Waals surface area contributed by atoms with Gasteiger partial charge in [0.15, 0.2) is 4.80 Å². The number of benzene rings is 2. The number of fused-ring (bicyclic) bond motifs is 1. The van der Waals surface area contributed by atoms with Crippen molar-refractivity contribution >= 4 is 33.1 Å². The molecule has 8 heteroatoms. The molecule has 25 heavy (non-hydrogen) atoms. The molecule has 1 heterocycles. The first-order valence-corrected chi connectivity index (χ1v) is 8.04. The summed E-state index contributed by atoms with van der Waals surface area (Å²) < 4.78 is 15.7. The molecule has 1 amide bonds. The van der Waals surface area contributed by atoms with Crippen molar-refractivity contribution < 1.29 is 14.1 Å². The zero-order chi connectivity index (χ0) is 18.0. The monoisotopic (exact) mass is 357 g/mol. The van der Waals surface area contributed by atoms with E-state index in [2.05, 4.69) is 11.6 Å². The molecule has 0 bridgehead atoms. The number of carbonyl (C=O) groups excluding carboxylic acids is 1. The number of thiazole rings is 1. The number of carbonyl (C=O) groups is 1. The average Bonchev–Trinajstić information content (AvgIpc) is 2.92. The zero-order valence-electron chi connectivity index (χ0n) is 12.9. The van der Waals surface area contributed by atoms with Gasteiger partial charge in [-0.2, -0.15) is 4.99 Å². The van der Waals surface area contributed by atoms with Gasteiger partial charge in [0.1, 0.15) is 5.82 Å². The lowest BCUT2D eigenvalue weighted by Gasteiger charge is -2.01. The summed E-state index contributed by atoms with van der Waals surface area (Å²) in [4.78, 5) is 27.2. The maximum atomic E-state index is 13.3. The lowest BCUT2D eigenvalue weighted by molar-refractivity contribution is -0.384. The highest BCUT2D eigenvalue weighted by atomic mass is 32.1. The lowest BCUT2D eigenvalue weighted by Crippen LogP contribution is -2.16. The Balaban J connectivity index is 2.17. The van der Waals surface area contributed by atoms with Gasteiger partial charge in [0.2, 0.25) is 0 Å². The van der Waals surface area contributed by atoms with Gasteiger partial charge < -0.3 is 4.57 Å². The summed E-state index contributed by atoms with van der Waals surface area (Å²) in [5.74, 6) is -1.11. The molecule has 3 rings (SSSR count). The minimum Gasteiger partial charge on any atom is -0.312 e. The highest BCUT2D eigenvalue weighted by Crippen LogP contribution is 2.23. The molecule has 0 saturated carbocycles. The van der Waals surface area contributed by atoms with Crippen molar-refractivity contribution in [2.24, 2.45) is 4.99 Å². The van der Waals surface area contributed by atoms with Crippen molar-refractivity contribution in [2.45, 2.75) is 6.54 Å². The van der Waals surface area contributed by atoms with Crippen LogP contribution in [0.3, 0.4) is 0 Å². The molecular weight excluding hydrogens is 345 g/mol. The van der Waals surface area contributed by atoms with Crippen molar-refractivity contribution in [1.82, 2.24) is 4.57 Å². The van der Waals surface area contributed by atoms with Crippen LogP contribution in [0.15, 0.2) is 60.1 Å². The van der Waals surface area contributed by atoms with Crippen molar-refractivity contribution in [1.29, 1.82) is 0 Å². The van der Waals surface area contributed by atoms with Crippen molar-refractivity contribution in [2.75, 3.05) is 0 Å². The summed E-state index contributed by atoms with van der Waals surface area (Å²) >= 11 is 1.22. The standard InChI is InChI=1S/C17H12FN3O3S/c1-2-8-20-14-10-13(21(23)24)6-7-15(14)25-17(20)19-16(22)11-4-3-5-12(18)9-11/h2-7,9-10H,1,8H2. The summed E-state index contributed by atoms with van der Waals surface area (Å²) in [6.45, 7) is 3.99. The second kappa shape index (κ2) is 6.78. The Kier molecular flexibility index (Phi) is 4.53. The van der Waals surface area contributed by atoms with Crippen molar-refractivity contribution in [3.8, 4) is 0 Å². The first-order chi connectivity index (χ1) is 12.0. The maximum absolute atomic E-state index is 13.3. The third kappa shape index (κ3) is 3.38. The van der Waals surface area contributed by atoms with Crippen molar-refractivity contribution in [3.05, 3.63) is 81.4 Å². The van der Waals surface area contributed by atoms with E-state index in [1.807, 2.05) is 0 Å². The van der Waals surface area contributed by atoms with E-state index in [9.17, 15) is 19.3 Å². The molecule has 1 aromatic heterocycles. The van der Waals surface area contributed by atoms with E-state index in [-0.39, 0.29) is 11.3 Å². The Hall–Kier alpha value is -3.13. The molecule has 0 atom stereocenters. The molecule has 2 aromatic carbocycles. The van der Waals surface area contributed by atoms with Crippen LogP contribution < -0.4 is 4.80 Å². The molecule has 3 aromatic rings. The van der Waals surface area contributed by atoms with E-state index in [0.717, 1.165) is 10.8 Å². The Morgan fingerprint density at radius 3 is 2.84 bits per heavy atom. The maximum Gasteiger partial charge on any atom is 0.279 e. The molecule has 0 spiro atoms. The molecule has 0 fully saturated rings. The second-order valence-corrected chi connectivity index (χ2v) is 6.13. The molecule has 0 N–H and O–H groups in total. The number of hydrogen-bond donors (Lipinski definition) is 0. The van der Waals surface area contributed by atoms with Crippen LogP contribution in [0.4, 0.5) is 10.1 Å².